The normalized spacial score (nSPS) is 35.2. The van der Waals surface area contributed by atoms with Gasteiger partial charge in [-0.25, -0.2) is 12.7 Å². The van der Waals surface area contributed by atoms with Gasteiger partial charge in [-0.2, -0.15) is 0 Å². The molecule has 2 atom stereocenters. The minimum Gasteiger partial charge on any atom is -0.211 e. The van der Waals surface area contributed by atoms with Gasteiger partial charge in [0.1, 0.15) is 5.21 Å². The van der Waals surface area contributed by atoms with Crippen LogP contribution in [0.5, 0.6) is 0 Å². The van der Waals surface area contributed by atoms with Crippen LogP contribution in [0.2, 0.25) is 0 Å². The van der Waals surface area contributed by atoms with Crippen LogP contribution >= 0.6 is 11.6 Å². The molecule has 0 aromatic carbocycles. The van der Waals surface area contributed by atoms with Crippen LogP contribution in [0.3, 0.4) is 0 Å². The lowest BCUT2D eigenvalue weighted by Crippen LogP contribution is -2.41. The fourth-order valence-electron chi connectivity index (χ4n) is 2.46. The maximum absolute atomic E-state index is 11.5. The molecule has 0 N–H and O–H groups in total. The summed E-state index contributed by atoms with van der Waals surface area (Å²) in [7, 11) is -3.15. The maximum atomic E-state index is 11.5. The summed E-state index contributed by atoms with van der Waals surface area (Å²) in [6, 6.07) is 0. The van der Waals surface area contributed by atoms with Crippen LogP contribution in [0.25, 0.3) is 0 Å². The van der Waals surface area contributed by atoms with E-state index in [1.54, 1.807) is 4.31 Å². The molecule has 1 aliphatic heterocycles. The Balaban J connectivity index is 2.11. The number of hydrogen-bond acceptors (Lipinski definition) is 2. The summed E-state index contributed by atoms with van der Waals surface area (Å²) < 4.78 is 24.5. The molecule has 1 saturated carbocycles. The predicted octanol–water partition coefficient (Wildman–Crippen LogP) is 1.24. The van der Waals surface area contributed by atoms with Gasteiger partial charge >= 0.3 is 0 Å². The molecule has 0 aromatic heterocycles. The Morgan fingerprint density at radius 1 is 1.23 bits per heavy atom. The van der Waals surface area contributed by atoms with Gasteiger partial charge in [-0.1, -0.05) is 0 Å². The monoisotopic (exact) mass is 223 g/mol. The van der Waals surface area contributed by atoms with Crippen LogP contribution in [0.15, 0.2) is 0 Å². The van der Waals surface area contributed by atoms with E-state index < -0.39 is 10.0 Å². The van der Waals surface area contributed by atoms with Crippen LogP contribution in [-0.2, 0) is 10.0 Å². The molecule has 0 spiro atoms. The third-order valence-electron chi connectivity index (χ3n) is 3.10. The molecule has 3 nitrogen and oxygen atoms in total. The highest BCUT2D eigenvalue weighted by Crippen LogP contribution is 2.37. The molecule has 0 aromatic rings. The molecule has 76 valence electrons. The standard InChI is InChI=1S/C8H14ClNO2S/c9-6-13(11,12)10-4-7-1-2-8(3-7)5-10/h7-8H,1-6H2. The number of sulfonamides is 1. The Hall–Kier alpha value is 0.200. The highest BCUT2D eigenvalue weighted by molar-refractivity contribution is 7.90. The number of alkyl halides is 1. The molecule has 13 heavy (non-hydrogen) atoms. The summed E-state index contributed by atoms with van der Waals surface area (Å²) in [5, 5.41) is -0.271. The van der Waals surface area contributed by atoms with Crippen molar-refractivity contribution in [3.8, 4) is 0 Å². The first-order valence-corrected chi connectivity index (χ1v) is 6.80. The van der Waals surface area contributed by atoms with E-state index in [1.165, 1.54) is 19.3 Å². The molecular weight excluding hydrogens is 210 g/mol. The van der Waals surface area contributed by atoms with Crippen molar-refractivity contribution in [1.29, 1.82) is 0 Å². The number of rotatable bonds is 2. The van der Waals surface area contributed by atoms with Crippen molar-refractivity contribution in [2.45, 2.75) is 19.3 Å². The topological polar surface area (TPSA) is 37.4 Å². The number of nitrogens with zero attached hydrogens (tertiary/aromatic N) is 1. The molecule has 2 bridgehead atoms. The lowest BCUT2D eigenvalue weighted by Gasteiger charge is -2.30. The zero-order valence-electron chi connectivity index (χ0n) is 7.45. The van der Waals surface area contributed by atoms with Crippen LogP contribution in [-0.4, -0.2) is 31.0 Å². The minimum absolute atomic E-state index is 0.271. The zero-order chi connectivity index (χ0) is 9.47. The van der Waals surface area contributed by atoms with E-state index >= 15 is 0 Å². The van der Waals surface area contributed by atoms with Crippen LogP contribution < -0.4 is 0 Å². The largest absolute Gasteiger partial charge is 0.228 e. The Morgan fingerprint density at radius 3 is 2.23 bits per heavy atom. The Kier molecular flexibility index (Phi) is 2.55. The summed E-state index contributed by atoms with van der Waals surface area (Å²) in [6.07, 6.45) is 3.60. The van der Waals surface area contributed by atoms with Crippen molar-refractivity contribution in [3.05, 3.63) is 0 Å². The van der Waals surface area contributed by atoms with Gasteiger partial charge in [0, 0.05) is 13.1 Å². The van der Waals surface area contributed by atoms with Gasteiger partial charge in [0.2, 0.25) is 10.0 Å². The van der Waals surface area contributed by atoms with Gasteiger partial charge in [0.15, 0.2) is 0 Å². The zero-order valence-corrected chi connectivity index (χ0v) is 9.02. The lowest BCUT2D eigenvalue weighted by molar-refractivity contribution is 0.262. The van der Waals surface area contributed by atoms with Crippen LogP contribution in [0, 0.1) is 11.8 Å². The lowest BCUT2D eigenvalue weighted by atomic mass is 10.0. The quantitative estimate of drug-likeness (QED) is 0.661. The number of piperidine rings is 1. The highest BCUT2D eigenvalue weighted by Gasteiger charge is 2.37. The third-order valence-corrected chi connectivity index (χ3v) is 5.29. The Bertz CT molecular complexity index is 279. The molecule has 1 aliphatic carbocycles. The molecule has 2 aliphatic rings. The summed E-state index contributed by atoms with van der Waals surface area (Å²) in [4.78, 5) is 0. The highest BCUT2D eigenvalue weighted by atomic mass is 35.5. The maximum Gasteiger partial charge on any atom is 0.228 e. The van der Waals surface area contributed by atoms with Crippen LogP contribution in [0.4, 0.5) is 0 Å². The van der Waals surface area contributed by atoms with E-state index in [2.05, 4.69) is 0 Å². The number of fused-ring (bicyclic) bond motifs is 2. The third kappa shape index (κ3) is 1.85. The summed E-state index contributed by atoms with van der Waals surface area (Å²) in [5.41, 5.74) is 0. The smallest absolute Gasteiger partial charge is 0.211 e. The van der Waals surface area contributed by atoms with E-state index in [0.29, 0.717) is 24.9 Å². The van der Waals surface area contributed by atoms with Crippen molar-refractivity contribution in [2.75, 3.05) is 18.3 Å². The van der Waals surface area contributed by atoms with Gasteiger partial charge in [0.05, 0.1) is 0 Å². The van der Waals surface area contributed by atoms with E-state index in [-0.39, 0.29) is 5.21 Å². The van der Waals surface area contributed by atoms with E-state index in [9.17, 15) is 8.42 Å². The molecule has 1 heterocycles. The van der Waals surface area contributed by atoms with Crippen molar-refractivity contribution in [1.82, 2.24) is 4.31 Å². The van der Waals surface area contributed by atoms with Crippen molar-refractivity contribution < 1.29 is 8.42 Å². The second-order valence-electron chi connectivity index (χ2n) is 4.08. The first kappa shape index (κ1) is 9.74. The predicted molar refractivity (Wildman–Crippen MR) is 52.0 cm³/mol. The molecule has 2 unspecified atom stereocenters. The Morgan fingerprint density at radius 2 is 1.77 bits per heavy atom. The average molecular weight is 224 g/mol. The number of hydrogen-bond donors (Lipinski definition) is 0. The van der Waals surface area contributed by atoms with Crippen LogP contribution in [0.1, 0.15) is 19.3 Å². The first-order valence-electron chi connectivity index (χ1n) is 4.65. The summed E-state index contributed by atoms with van der Waals surface area (Å²) in [6.45, 7) is 1.40. The van der Waals surface area contributed by atoms with Gasteiger partial charge in [-0.15, -0.1) is 11.6 Å². The van der Waals surface area contributed by atoms with Gasteiger partial charge < -0.3 is 0 Å². The fraction of sp³-hybridized carbons (Fsp3) is 1.00. The Labute approximate surface area is 84.1 Å². The first-order chi connectivity index (χ1) is 6.12. The molecule has 2 fully saturated rings. The molecule has 1 saturated heterocycles. The molecular formula is C8H14ClNO2S. The molecule has 2 rings (SSSR count). The van der Waals surface area contributed by atoms with Gasteiger partial charge in [-0.05, 0) is 31.1 Å². The second-order valence-corrected chi connectivity index (χ2v) is 6.64. The van der Waals surface area contributed by atoms with E-state index in [0.717, 1.165) is 0 Å². The average Bonchev–Trinajstić information content (AvgIpc) is 2.45. The fourth-order valence-corrected chi connectivity index (χ4v) is 3.88. The van der Waals surface area contributed by atoms with Crippen molar-refractivity contribution in [2.24, 2.45) is 11.8 Å². The summed E-state index contributed by atoms with van der Waals surface area (Å²) >= 11 is 5.41. The molecule has 0 amide bonds. The SMILES string of the molecule is O=S(=O)(CCl)N1CC2CCC(C2)C1. The molecule has 5 heteroatoms. The van der Waals surface area contributed by atoms with E-state index in [1.807, 2.05) is 0 Å². The van der Waals surface area contributed by atoms with Gasteiger partial charge in [-0.3, -0.25) is 0 Å². The second kappa shape index (κ2) is 3.41. The molecule has 0 radical (unpaired) electrons. The minimum atomic E-state index is -3.15. The summed E-state index contributed by atoms with van der Waals surface area (Å²) in [5.74, 6) is 1.19. The number of halogens is 1. The van der Waals surface area contributed by atoms with Crippen molar-refractivity contribution in [3.63, 3.8) is 0 Å². The van der Waals surface area contributed by atoms with Gasteiger partial charge in [0.25, 0.3) is 0 Å². The van der Waals surface area contributed by atoms with E-state index in [4.69, 9.17) is 11.6 Å². The van der Waals surface area contributed by atoms with Crippen molar-refractivity contribution >= 4 is 21.6 Å².